The maximum atomic E-state index is 10.7. The first-order valence-electron chi connectivity index (χ1n) is 4.12. The van der Waals surface area contributed by atoms with Crippen LogP contribution in [0.5, 0.6) is 0 Å². The van der Waals surface area contributed by atoms with Gasteiger partial charge in [0.1, 0.15) is 13.6 Å². The molecule has 0 aliphatic carbocycles. The SMILES string of the molecule is CC(=O)NC1CC[N+](C)=C(O)C1. The highest BCUT2D eigenvalue weighted by atomic mass is 16.3. The van der Waals surface area contributed by atoms with Crippen molar-refractivity contribution in [1.82, 2.24) is 5.32 Å². The van der Waals surface area contributed by atoms with Gasteiger partial charge in [-0.3, -0.25) is 4.79 Å². The molecule has 1 aliphatic rings. The summed E-state index contributed by atoms with van der Waals surface area (Å²) in [6.07, 6.45) is 1.45. The van der Waals surface area contributed by atoms with Gasteiger partial charge in [-0.15, -0.1) is 0 Å². The van der Waals surface area contributed by atoms with Crippen molar-refractivity contribution in [2.45, 2.75) is 25.8 Å². The number of nitrogens with zero attached hydrogens (tertiary/aromatic N) is 1. The summed E-state index contributed by atoms with van der Waals surface area (Å²) in [6.45, 7) is 2.30. The molecule has 1 amide bonds. The first kappa shape index (κ1) is 9.03. The van der Waals surface area contributed by atoms with Crippen LogP contribution >= 0.6 is 0 Å². The smallest absolute Gasteiger partial charge is 0.335 e. The molecular weight excluding hydrogens is 156 g/mol. The molecule has 4 heteroatoms. The third-order valence-electron chi connectivity index (χ3n) is 2.09. The quantitative estimate of drug-likeness (QED) is 0.541. The van der Waals surface area contributed by atoms with Crippen molar-refractivity contribution in [3.63, 3.8) is 0 Å². The van der Waals surface area contributed by atoms with Gasteiger partial charge in [-0.1, -0.05) is 0 Å². The Kier molecular flexibility index (Phi) is 2.68. The molecule has 1 atom stereocenters. The Labute approximate surface area is 71.9 Å². The molecule has 12 heavy (non-hydrogen) atoms. The molecule has 0 radical (unpaired) electrons. The van der Waals surface area contributed by atoms with Crippen LogP contribution in [0.1, 0.15) is 19.8 Å². The van der Waals surface area contributed by atoms with Gasteiger partial charge in [0.2, 0.25) is 5.91 Å². The number of carbonyl (C=O) groups excluding carboxylic acids is 1. The van der Waals surface area contributed by atoms with Gasteiger partial charge in [-0.25, -0.2) is 4.58 Å². The summed E-state index contributed by atoms with van der Waals surface area (Å²) in [5, 5.41) is 12.1. The van der Waals surface area contributed by atoms with Crippen molar-refractivity contribution in [2.24, 2.45) is 0 Å². The number of amides is 1. The van der Waals surface area contributed by atoms with E-state index in [0.717, 1.165) is 13.0 Å². The summed E-state index contributed by atoms with van der Waals surface area (Å²) in [5.41, 5.74) is 0. The number of hydrogen-bond acceptors (Lipinski definition) is 1. The minimum Gasteiger partial charge on any atom is -0.463 e. The van der Waals surface area contributed by atoms with Crippen molar-refractivity contribution in [2.75, 3.05) is 13.6 Å². The summed E-state index contributed by atoms with van der Waals surface area (Å²) < 4.78 is 1.80. The van der Waals surface area contributed by atoms with E-state index < -0.39 is 0 Å². The highest BCUT2D eigenvalue weighted by Crippen LogP contribution is 2.04. The maximum Gasteiger partial charge on any atom is 0.335 e. The van der Waals surface area contributed by atoms with E-state index in [4.69, 9.17) is 0 Å². The second-order valence-electron chi connectivity index (χ2n) is 3.23. The van der Waals surface area contributed by atoms with Crippen molar-refractivity contribution in [1.29, 1.82) is 0 Å². The zero-order valence-corrected chi connectivity index (χ0v) is 7.50. The van der Waals surface area contributed by atoms with Gasteiger partial charge in [-0.05, 0) is 0 Å². The molecule has 0 aromatic heterocycles. The van der Waals surface area contributed by atoms with Crippen LogP contribution in [0.4, 0.5) is 0 Å². The molecule has 0 bridgehead atoms. The fourth-order valence-corrected chi connectivity index (χ4v) is 1.37. The number of aliphatic hydroxyl groups excluding tert-OH is 1. The van der Waals surface area contributed by atoms with E-state index in [1.54, 1.807) is 4.58 Å². The van der Waals surface area contributed by atoms with Crippen LogP contribution in [0.3, 0.4) is 0 Å². The van der Waals surface area contributed by atoms with Crippen LogP contribution in [0.25, 0.3) is 0 Å². The molecule has 1 heterocycles. The van der Waals surface area contributed by atoms with E-state index in [1.165, 1.54) is 6.92 Å². The fraction of sp³-hybridized carbons (Fsp3) is 0.750. The van der Waals surface area contributed by atoms with Crippen LogP contribution in [-0.2, 0) is 4.79 Å². The molecule has 1 unspecified atom stereocenters. The lowest BCUT2D eigenvalue weighted by Crippen LogP contribution is -2.41. The number of aliphatic hydroxyl groups is 1. The molecule has 0 saturated heterocycles. The number of rotatable bonds is 1. The number of nitrogens with one attached hydrogen (secondary N) is 1. The molecule has 0 aromatic carbocycles. The van der Waals surface area contributed by atoms with Gasteiger partial charge in [0.05, 0.1) is 6.42 Å². The van der Waals surface area contributed by atoms with Crippen LogP contribution in [-0.4, -0.2) is 41.1 Å². The van der Waals surface area contributed by atoms with E-state index in [2.05, 4.69) is 5.32 Å². The second-order valence-corrected chi connectivity index (χ2v) is 3.23. The Morgan fingerprint density at radius 3 is 2.92 bits per heavy atom. The van der Waals surface area contributed by atoms with E-state index in [-0.39, 0.29) is 11.9 Å². The Morgan fingerprint density at radius 1 is 1.75 bits per heavy atom. The maximum absolute atomic E-state index is 10.7. The molecule has 0 fully saturated rings. The zero-order valence-electron chi connectivity index (χ0n) is 7.50. The van der Waals surface area contributed by atoms with Crippen molar-refractivity contribution >= 4 is 11.8 Å². The van der Waals surface area contributed by atoms with Crippen molar-refractivity contribution in [3.8, 4) is 0 Å². The highest BCUT2D eigenvalue weighted by Gasteiger charge is 2.24. The van der Waals surface area contributed by atoms with Gasteiger partial charge in [-0.2, -0.15) is 0 Å². The molecule has 68 valence electrons. The standard InChI is InChI=1S/C8H14N2O2/c1-6(11)9-7-3-4-10(2)8(12)5-7/h7H,3-5H2,1-2H3,(H,9,11)/p+1. The minimum atomic E-state index is -0.0302. The van der Waals surface area contributed by atoms with Gasteiger partial charge in [0.15, 0.2) is 0 Å². The summed E-state index contributed by atoms with van der Waals surface area (Å²) in [4.78, 5) is 10.7. The van der Waals surface area contributed by atoms with Gasteiger partial charge in [0.25, 0.3) is 0 Å². The third-order valence-corrected chi connectivity index (χ3v) is 2.09. The normalized spacial score (nSPS) is 24.0. The lowest BCUT2D eigenvalue weighted by Gasteiger charge is -2.18. The lowest BCUT2D eigenvalue weighted by molar-refractivity contribution is -0.512. The number of carbonyl (C=O) groups is 1. The Balaban J connectivity index is 2.49. The van der Waals surface area contributed by atoms with Crippen LogP contribution in [0, 0.1) is 0 Å². The average molecular weight is 171 g/mol. The molecule has 1 aliphatic heterocycles. The first-order chi connectivity index (χ1) is 5.59. The van der Waals surface area contributed by atoms with Crippen LogP contribution < -0.4 is 5.32 Å². The minimum absolute atomic E-state index is 0.0302. The topological polar surface area (TPSA) is 52.3 Å². The largest absolute Gasteiger partial charge is 0.463 e. The van der Waals surface area contributed by atoms with Crippen molar-refractivity contribution in [3.05, 3.63) is 0 Å². The molecule has 0 saturated carbocycles. The molecule has 0 spiro atoms. The second kappa shape index (κ2) is 3.56. The molecule has 4 nitrogen and oxygen atoms in total. The third kappa shape index (κ3) is 2.22. The van der Waals surface area contributed by atoms with Gasteiger partial charge >= 0.3 is 5.90 Å². The predicted molar refractivity (Wildman–Crippen MR) is 45.5 cm³/mol. The summed E-state index contributed by atoms with van der Waals surface area (Å²) >= 11 is 0. The summed E-state index contributed by atoms with van der Waals surface area (Å²) in [5.74, 6) is 0.331. The van der Waals surface area contributed by atoms with E-state index >= 15 is 0 Å². The van der Waals surface area contributed by atoms with Crippen molar-refractivity contribution < 1.29 is 14.5 Å². The summed E-state index contributed by atoms with van der Waals surface area (Å²) in [7, 11) is 1.85. The average Bonchev–Trinajstić information content (AvgIpc) is 1.96. The molecule has 2 N–H and O–H groups in total. The van der Waals surface area contributed by atoms with Crippen LogP contribution in [0.15, 0.2) is 0 Å². The van der Waals surface area contributed by atoms with E-state index in [9.17, 15) is 9.90 Å². The lowest BCUT2D eigenvalue weighted by atomic mass is 10.1. The highest BCUT2D eigenvalue weighted by molar-refractivity contribution is 5.75. The fourth-order valence-electron chi connectivity index (χ4n) is 1.37. The Morgan fingerprint density at radius 2 is 2.42 bits per heavy atom. The number of hydrogen-bond donors (Lipinski definition) is 2. The predicted octanol–water partition coefficient (Wildman–Crippen LogP) is -0.116. The van der Waals surface area contributed by atoms with E-state index in [1.807, 2.05) is 7.05 Å². The van der Waals surface area contributed by atoms with Gasteiger partial charge in [0, 0.05) is 19.4 Å². The van der Waals surface area contributed by atoms with Crippen LogP contribution in [0.2, 0.25) is 0 Å². The summed E-state index contributed by atoms with van der Waals surface area (Å²) in [6, 6.07) is 0.110. The Hall–Kier alpha value is -1.06. The van der Waals surface area contributed by atoms with Gasteiger partial charge < -0.3 is 10.4 Å². The Bertz CT molecular complexity index is 223. The molecule has 1 rings (SSSR count). The van der Waals surface area contributed by atoms with E-state index in [0.29, 0.717) is 12.3 Å². The first-order valence-corrected chi connectivity index (χ1v) is 4.12. The monoisotopic (exact) mass is 171 g/mol. The molecule has 0 aromatic rings. The zero-order chi connectivity index (χ0) is 9.14. The molecular formula is C8H15N2O2+.